The molecule has 6 nitrogen and oxygen atoms in total. The number of hydrogen-bond acceptors (Lipinski definition) is 4. The number of nitrogens with zero attached hydrogens (tertiary/aromatic N) is 4. The first-order chi connectivity index (χ1) is 9.17. The van der Waals surface area contributed by atoms with Gasteiger partial charge in [-0.25, -0.2) is 0 Å². The molecule has 0 saturated carbocycles. The Balaban J connectivity index is 2.30. The molecule has 0 radical (unpaired) electrons. The minimum Gasteiger partial charge on any atom is -0.356 e. The van der Waals surface area contributed by atoms with E-state index in [-0.39, 0.29) is 0 Å². The Morgan fingerprint density at radius 2 is 2.37 bits per heavy atom. The van der Waals surface area contributed by atoms with Crippen molar-refractivity contribution in [2.45, 2.75) is 26.2 Å². The van der Waals surface area contributed by atoms with Gasteiger partial charge in [-0.15, -0.1) is 6.58 Å². The Hall–Kier alpha value is -1.85. The summed E-state index contributed by atoms with van der Waals surface area (Å²) in [5.41, 5.74) is 0. The molecule has 0 bridgehead atoms. The zero-order valence-corrected chi connectivity index (χ0v) is 12.0. The fourth-order valence-electron chi connectivity index (χ4n) is 1.69. The molecule has 1 rings (SSSR count). The van der Waals surface area contributed by atoms with Crippen LogP contribution >= 0.6 is 0 Å². The van der Waals surface area contributed by atoms with E-state index in [4.69, 9.17) is 4.52 Å². The monoisotopic (exact) mass is 265 g/mol. The lowest BCUT2D eigenvalue weighted by Gasteiger charge is -2.21. The zero-order chi connectivity index (χ0) is 14.1. The van der Waals surface area contributed by atoms with Gasteiger partial charge in [0.1, 0.15) is 0 Å². The second-order valence-corrected chi connectivity index (χ2v) is 4.31. The summed E-state index contributed by atoms with van der Waals surface area (Å²) >= 11 is 0. The molecular formula is C13H23N5O. The topological polar surface area (TPSA) is 66.5 Å². The minimum atomic E-state index is 0.648. The summed E-state index contributed by atoms with van der Waals surface area (Å²) < 4.78 is 5.05. The predicted molar refractivity (Wildman–Crippen MR) is 76.2 cm³/mol. The van der Waals surface area contributed by atoms with E-state index >= 15 is 0 Å². The molecule has 0 amide bonds. The highest BCUT2D eigenvalue weighted by Crippen LogP contribution is 1.97. The molecule has 1 aromatic heterocycles. The molecule has 0 saturated heterocycles. The first-order valence-electron chi connectivity index (χ1n) is 6.49. The average Bonchev–Trinajstić information content (AvgIpc) is 2.80. The fourth-order valence-corrected chi connectivity index (χ4v) is 1.69. The van der Waals surface area contributed by atoms with Gasteiger partial charge in [0, 0.05) is 33.6 Å². The Morgan fingerprint density at radius 3 is 2.95 bits per heavy atom. The zero-order valence-electron chi connectivity index (χ0n) is 12.0. The lowest BCUT2D eigenvalue weighted by molar-refractivity contribution is 0.373. The van der Waals surface area contributed by atoms with E-state index in [0.717, 1.165) is 31.9 Å². The van der Waals surface area contributed by atoms with Crippen molar-refractivity contribution in [2.75, 3.05) is 27.2 Å². The summed E-state index contributed by atoms with van der Waals surface area (Å²) in [6, 6.07) is 0. The lowest BCUT2D eigenvalue weighted by Crippen LogP contribution is -2.40. The molecule has 0 aliphatic carbocycles. The predicted octanol–water partition coefficient (Wildman–Crippen LogP) is 1.39. The lowest BCUT2D eigenvalue weighted by atomic mass is 10.3. The van der Waals surface area contributed by atoms with Crippen molar-refractivity contribution < 1.29 is 4.52 Å². The van der Waals surface area contributed by atoms with Crippen LogP contribution < -0.4 is 5.32 Å². The number of allylic oxidation sites excluding steroid dienone is 1. The van der Waals surface area contributed by atoms with Crippen molar-refractivity contribution in [1.29, 1.82) is 0 Å². The van der Waals surface area contributed by atoms with Gasteiger partial charge in [-0.1, -0.05) is 11.2 Å². The number of aliphatic imine (C=N–C) groups is 1. The molecule has 1 heterocycles. The third kappa shape index (κ3) is 5.54. The van der Waals surface area contributed by atoms with Crippen molar-refractivity contribution in [1.82, 2.24) is 20.4 Å². The van der Waals surface area contributed by atoms with E-state index in [9.17, 15) is 0 Å². The number of nitrogens with one attached hydrogen (secondary N) is 1. The first-order valence-corrected chi connectivity index (χ1v) is 6.49. The molecule has 19 heavy (non-hydrogen) atoms. The number of rotatable bonds is 7. The second-order valence-electron chi connectivity index (χ2n) is 4.31. The van der Waals surface area contributed by atoms with Crippen molar-refractivity contribution in [2.24, 2.45) is 4.99 Å². The van der Waals surface area contributed by atoms with Crippen LogP contribution in [-0.4, -0.2) is 48.2 Å². The third-order valence-corrected chi connectivity index (χ3v) is 2.67. The molecule has 6 heteroatoms. The smallest absolute Gasteiger partial charge is 0.228 e. The van der Waals surface area contributed by atoms with Crippen molar-refractivity contribution in [3.05, 3.63) is 24.4 Å². The molecule has 0 aliphatic rings. The van der Waals surface area contributed by atoms with E-state index < -0.39 is 0 Å². The van der Waals surface area contributed by atoms with Crippen LogP contribution in [-0.2, 0) is 6.42 Å². The van der Waals surface area contributed by atoms with Gasteiger partial charge in [0.05, 0.1) is 0 Å². The molecular weight excluding hydrogens is 242 g/mol. The minimum absolute atomic E-state index is 0.648. The highest BCUT2D eigenvalue weighted by Gasteiger charge is 2.06. The van der Waals surface area contributed by atoms with Crippen LogP contribution in [0.25, 0.3) is 0 Å². The maximum absolute atomic E-state index is 5.05. The summed E-state index contributed by atoms with van der Waals surface area (Å²) in [5.74, 6) is 2.19. The standard InChI is InChI=1S/C13H23N5O/c1-5-6-7-10-18(4)13(14-3)15-9-8-12-16-11(2)17-19-12/h5H,1,6-10H2,2-4H3,(H,14,15). The van der Waals surface area contributed by atoms with Gasteiger partial charge >= 0.3 is 0 Å². The van der Waals surface area contributed by atoms with Gasteiger partial charge in [0.25, 0.3) is 0 Å². The number of aryl methyl sites for hydroxylation is 1. The summed E-state index contributed by atoms with van der Waals surface area (Å²) in [6.07, 6.45) is 4.72. The van der Waals surface area contributed by atoms with Crippen LogP contribution in [0.3, 0.4) is 0 Å². The van der Waals surface area contributed by atoms with Gasteiger partial charge in [-0.05, 0) is 19.8 Å². The number of unbranched alkanes of at least 4 members (excludes halogenated alkanes) is 1. The van der Waals surface area contributed by atoms with Crippen molar-refractivity contribution in [3.8, 4) is 0 Å². The van der Waals surface area contributed by atoms with Crippen LogP contribution in [0, 0.1) is 6.92 Å². The van der Waals surface area contributed by atoms with Crippen LogP contribution in [0.1, 0.15) is 24.6 Å². The van der Waals surface area contributed by atoms with Gasteiger partial charge in [0.2, 0.25) is 5.89 Å². The maximum atomic E-state index is 5.05. The molecule has 0 atom stereocenters. The van der Waals surface area contributed by atoms with E-state index in [0.29, 0.717) is 18.1 Å². The molecule has 0 unspecified atom stereocenters. The van der Waals surface area contributed by atoms with Crippen molar-refractivity contribution in [3.63, 3.8) is 0 Å². The number of guanidine groups is 1. The third-order valence-electron chi connectivity index (χ3n) is 2.67. The molecule has 0 fully saturated rings. The highest BCUT2D eigenvalue weighted by molar-refractivity contribution is 5.79. The van der Waals surface area contributed by atoms with E-state index in [2.05, 4.69) is 31.9 Å². The summed E-state index contributed by atoms with van der Waals surface area (Å²) in [7, 11) is 3.80. The summed E-state index contributed by atoms with van der Waals surface area (Å²) in [6.45, 7) is 7.20. The van der Waals surface area contributed by atoms with Crippen LogP contribution in [0.5, 0.6) is 0 Å². The molecule has 0 aromatic carbocycles. The Labute approximate surface area is 114 Å². The molecule has 1 aromatic rings. The quantitative estimate of drug-likeness (QED) is 0.349. The summed E-state index contributed by atoms with van der Waals surface area (Å²) in [5, 5.41) is 7.03. The van der Waals surface area contributed by atoms with Crippen LogP contribution in [0.2, 0.25) is 0 Å². The Kier molecular flexibility index (Phi) is 6.63. The van der Waals surface area contributed by atoms with E-state index in [1.165, 1.54) is 0 Å². The van der Waals surface area contributed by atoms with Gasteiger partial charge in [0.15, 0.2) is 11.8 Å². The second kappa shape index (κ2) is 8.29. The summed E-state index contributed by atoms with van der Waals surface area (Å²) in [4.78, 5) is 10.5. The van der Waals surface area contributed by atoms with Crippen molar-refractivity contribution >= 4 is 5.96 Å². The number of aromatic nitrogens is 2. The molecule has 1 N–H and O–H groups in total. The van der Waals surface area contributed by atoms with Crippen LogP contribution in [0.15, 0.2) is 22.2 Å². The van der Waals surface area contributed by atoms with Gasteiger partial charge in [-0.2, -0.15) is 4.98 Å². The molecule has 106 valence electrons. The Bertz CT molecular complexity index is 413. The van der Waals surface area contributed by atoms with E-state index in [1.54, 1.807) is 7.05 Å². The van der Waals surface area contributed by atoms with Gasteiger partial charge in [-0.3, -0.25) is 4.99 Å². The molecule has 0 spiro atoms. The molecule has 0 aliphatic heterocycles. The Morgan fingerprint density at radius 1 is 1.58 bits per heavy atom. The van der Waals surface area contributed by atoms with Gasteiger partial charge < -0.3 is 14.7 Å². The fraction of sp³-hybridized carbons (Fsp3) is 0.615. The largest absolute Gasteiger partial charge is 0.356 e. The van der Waals surface area contributed by atoms with Crippen LogP contribution in [0.4, 0.5) is 0 Å². The highest BCUT2D eigenvalue weighted by atomic mass is 16.5. The number of hydrogen-bond donors (Lipinski definition) is 1. The normalized spacial score (nSPS) is 11.4. The average molecular weight is 265 g/mol. The SMILES string of the molecule is C=CCCCN(C)C(=NC)NCCc1nc(C)no1. The van der Waals surface area contributed by atoms with E-state index in [1.807, 2.05) is 20.0 Å². The maximum Gasteiger partial charge on any atom is 0.228 e. The first kappa shape index (κ1) is 15.2.